The topological polar surface area (TPSA) is 78.4 Å². The highest BCUT2D eigenvalue weighted by Crippen LogP contribution is 2.20. The molecule has 21 heavy (non-hydrogen) atoms. The Morgan fingerprint density at radius 1 is 1.10 bits per heavy atom. The van der Waals surface area contributed by atoms with E-state index in [1.807, 2.05) is 5.32 Å². The van der Waals surface area contributed by atoms with Gasteiger partial charge in [-0.3, -0.25) is 0 Å². The van der Waals surface area contributed by atoms with Crippen molar-refractivity contribution >= 4 is 17.7 Å². The third-order valence-electron chi connectivity index (χ3n) is 3.23. The summed E-state index contributed by atoms with van der Waals surface area (Å²) in [5.41, 5.74) is -2.10. The molecule has 0 bridgehead atoms. The lowest BCUT2D eigenvalue weighted by molar-refractivity contribution is -0.144. The number of amides is 2. The van der Waals surface area contributed by atoms with Gasteiger partial charge in [0.25, 0.3) is 0 Å². The maximum atomic E-state index is 13.4. The van der Waals surface area contributed by atoms with Crippen LogP contribution in [-0.2, 0) is 4.79 Å². The van der Waals surface area contributed by atoms with Crippen molar-refractivity contribution in [3.05, 3.63) is 29.6 Å². The van der Waals surface area contributed by atoms with Gasteiger partial charge in [0, 0.05) is 12.1 Å². The van der Waals surface area contributed by atoms with Gasteiger partial charge in [0.05, 0.1) is 5.69 Å². The number of urea groups is 1. The number of carboxylic acids is 1. The van der Waals surface area contributed by atoms with Crippen molar-refractivity contribution in [2.75, 3.05) is 5.32 Å². The molecule has 0 fully saturated rings. The summed E-state index contributed by atoms with van der Waals surface area (Å²) in [7, 11) is 0. The standard InChI is InChI=1S/C13H15F3N2O3/c1-3-13(4-2,11(19)20)18-12(21)17-10-6-8(15)7(14)5-9(10)16/h5-6H,3-4H2,1-2H3,(H,19,20)(H2,17,18,21). The predicted octanol–water partition coefficient (Wildman–Crippen LogP) is 2.87. The second-order valence-electron chi connectivity index (χ2n) is 4.42. The van der Waals surface area contributed by atoms with E-state index in [-0.39, 0.29) is 18.9 Å². The molecule has 3 N–H and O–H groups in total. The first-order valence-electron chi connectivity index (χ1n) is 6.22. The third-order valence-corrected chi connectivity index (χ3v) is 3.23. The highest BCUT2D eigenvalue weighted by molar-refractivity contribution is 5.94. The Kier molecular flexibility index (Phi) is 5.17. The highest BCUT2D eigenvalue weighted by atomic mass is 19.2. The molecule has 2 amide bonds. The van der Waals surface area contributed by atoms with Crippen molar-refractivity contribution in [1.29, 1.82) is 0 Å². The number of carbonyl (C=O) groups is 2. The van der Waals surface area contributed by atoms with Crippen LogP contribution in [0.25, 0.3) is 0 Å². The lowest BCUT2D eigenvalue weighted by Gasteiger charge is -2.28. The van der Waals surface area contributed by atoms with Gasteiger partial charge in [-0.2, -0.15) is 0 Å². The van der Waals surface area contributed by atoms with Crippen molar-refractivity contribution in [3.63, 3.8) is 0 Å². The third kappa shape index (κ3) is 3.65. The van der Waals surface area contributed by atoms with Gasteiger partial charge < -0.3 is 15.7 Å². The van der Waals surface area contributed by atoms with Crippen LogP contribution in [0.1, 0.15) is 26.7 Å². The van der Waals surface area contributed by atoms with Crippen molar-refractivity contribution < 1.29 is 27.9 Å². The number of rotatable bonds is 5. The number of aliphatic carboxylic acids is 1. The zero-order valence-corrected chi connectivity index (χ0v) is 11.5. The molecule has 0 aromatic heterocycles. The van der Waals surface area contributed by atoms with E-state index in [0.717, 1.165) is 0 Å². The van der Waals surface area contributed by atoms with E-state index in [1.165, 1.54) is 0 Å². The molecule has 0 unspecified atom stereocenters. The largest absolute Gasteiger partial charge is 0.480 e. The molecule has 0 saturated heterocycles. The van der Waals surface area contributed by atoms with E-state index < -0.39 is 40.7 Å². The van der Waals surface area contributed by atoms with Crippen LogP contribution in [0.4, 0.5) is 23.7 Å². The maximum Gasteiger partial charge on any atom is 0.329 e. The van der Waals surface area contributed by atoms with Gasteiger partial charge >= 0.3 is 12.0 Å². The van der Waals surface area contributed by atoms with Gasteiger partial charge in [-0.15, -0.1) is 0 Å². The molecule has 116 valence electrons. The Labute approximate surface area is 119 Å². The summed E-state index contributed by atoms with van der Waals surface area (Å²) < 4.78 is 39.1. The van der Waals surface area contributed by atoms with Crippen molar-refractivity contribution in [1.82, 2.24) is 5.32 Å². The molecule has 0 aliphatic rings. The van der Waals surface area contributed by atoms with Crippen LogP contribution in [0, 0.1) is 17.5 Å². The zero-order valence-electron chi connectivity index (χ0n) is 11.5. The monoisotopic (exact) mass is 304 g/mol. The molecule has 0 aliphatic heterocycles. The van der Waals surface area contributed by atoms with Crippen LogP contribution in [0.2, 0.25) is 0 Å². The molecule has 5 nitrogen and oxygen atoms in total. The van der Waals surface area contributed by atoms with Crippen LogP contribution in [0.15, 0.2) is 12.1 Å². The summed E-state index contributed by atoms with van der Waals surface area (Å²) in [6.07, 6.45) is 0.207. The quantitative estimate of drug-likeness (QED) is 0.732. The van der Waals surface area contributed by atoms with Crippen LogP contribution in [-0.4, -0.2) is 22.6 Å². The fraction of sp³-hybridized carbons (Fsp3) is 0.385. The number of nitrogens with one attached hydrogen (secondary N) is 2. The molecule has 0 atom stereocenters. The van der Waals surface area contributed by atoms with E-state index in [9.17, 15) is 22.8 Å². The number of hydrogen-bond donors (Lipinski definition) is 3. The first kappa shape index (κ1) is 16.8. The van der Waals surface area contributed by atoms with Gasteiger partial charge in [-0.05, 0) is 12.8 Å². The van der Waals surface area contributed by atoms with Crippen molar-refractivity contribution in [2.24, 2.45) is 0 Å². The smallest absolute Gasteiger partial charge is 0.329 e. The minimum atomic E-state index is -1.51. The van der Waals surface area contributed by atoms with Crippen LogP contribution in [0.5, 0.6) is 0 Å². The lowest BCUT2D eigenvalue weighted by Crippen LogP contribution is -2.55. The predicted molar refractivity (Wildman–Crippen MR) is 69.4 cm³/mol. The molecule has 0 aliphatic carbocycles. The molecule has 8 heteroatoms. The summed E-state index contributed by atoms with van der Waals surface area (Å²) in [6, 6.07) is -0.259. The van der Waals surface area contributed by atoms with E-state index in [1.54, 1.807) is 13.8 Å². The van der Waals surface area contributed by atoms with Crippen LogP contribution < -0.4 is 10.6 Å². The van der Waals surface area contributed by atoms with E-state index in [2.05, 4.69) is 5.32 Å². The van der Waals surface area contributed by atoms with Crippen molar-refractivity contribution in [2.45, 2.75) is 32.2 Å². The van der Waals surface area contributed by atoms with Crippen LogP contribution in [0.3, 0.4) is 0 Å². The summed E-state index contributed by atoms with van der Waals surface area (Å²) in [5, 5.41) is 13.3. The van der Waals surface area contributed by atoms with E-state index in [4.69, 9.17) is 5.11 Å². The molecular formula is C13H15F3N2O3. The Bertz CT molecular complexity index is 560. The first-order valence-corrected chi connectivity index (χ1v) is 6.22. The molecule has 1 rings (SSSR count). The minimum Gasteiger partial charge on any atom is -0.480 e. The fourth-order valence-corrected chi connectivity index (χ4v) is 1.77. The van der Waals surface area contributed by atoms with E-state index in [0.29, 0.717) is 6.07 Å². The SMILES string of the molecule is CCC(CC)(NC(=O)Nc1cc(F)c(F)cc1F)C(=O)O. The number of halogens is 3. The fourth-order valence-electron chi connectivity index (χ4n) is 1.77. The second kappa shape index (κ2) is 6.47. The summed E-state index contributed by atoms with van der Waals surface area (Å²) in [5.74, 6) is -5.13. The van der Waals surface area contributed by atoms with Gasteiger partial charge in [0.1, 0.15) is 11.4 Å². The Hall–Kier alpha value is -2.25. The number of hydrogen-bond acceptors (Lipinski definition) is 2. The number of carboxylic acid groups (broad SMARTS) is 1. The first-order chi connectivity index (χ1) is 9.75. The van der Waals surface area contributed by atoms with Gasteiger partial charge in [-0.1, -0.05) is 13.8 Å². The molecule has 0 saturated carbocycles. The number of anilines is 1. The van der Waals surface area contributed by atoms with Crippen LogP contribution >= 0.6 is 0 Å². The highest BCUT2D eigenvalue weighted by Gasteiger charge is 2.36. The van der Waals surface area contributed by atoms with Gasteiger partial charge in [0.2, 0.25) is 0 Å². The molecule has 0 radical (unpaired) electrons. The normalized spacial score (nSPS) is 11.1. The zero-order chi connectivity index (χ0) is 16.2. The molecule has 1 aromatic rings. The number of carbonyl (C=O) groups excluding carboxylic acids is 1. The lowest BCUT2D eigenvalue weighted by atomic mass is 9.93. The van der Waals surface area contributed by atoms with E-state index >= 15 is 0 Å². The van der Waals surface area contributed by atoms with Gasteiger partial charge in [-0.25, -0.2) is 22.8 Å². The van der Waals surface area contributed by atoms with Crippen molar-refractivity contribution in [3.8, 4) is 0 Å². The average Bonchev–Trinajstić information content (AvgIpc) is 2.42. The minimum absolute atomic E-state index is 0.104. The molecule has 0 heterocycles. The molecule has 1 aromatic carbocycles. The maximum absolute atomic E-state index is 13.4. The summed E-state index contributed by atoms with van der Waals surface area (Å²) >= 11 is 0. The summed E-state index contributed by atoms with van der Waals surface area (Å²) in [6.45, 7) is 3.13. The average molecular weight is 304 g/mol. The summed E-state index contributed by atoms with van der Waals surface area (Å²) in [4.78, 5) is 22.9. The number of benzene rings is 1. The second-order valence-corrected chi connectivity index (χ2v) is 4.42. The Morgan fingerprint density at radius 2 is 1.62 bits per heavy atom. The van der Waals surface area contributed by atoms with Gasteiger partial charge in [0.15, 0.2) is 11.6 Å². The Balaban J connectivity index is 2.92. The Morgan fingerprint density at radius 3 is 2.10 bits per heavy atom. The molecular weight excluding hydrogens is 289 g/mol. The molecule has 0 spiro atoms.